The molecule has 1 heterocycles. The van der Waals surface area contributed by atoms with Gasteiger partial charge in [0.05, 0.1) is 12.1 Å². The van der Waals surface area contributed by atoms with Crippen LogP contribution < -0.4 is 10.1 Å². The molecule has 2 amide bonds. The third-order valence-corrected chi connectivity index (χ3v) is 4.17. The Kier molecular flexibility index (Phi) is 5.03. The summed E-state index contributed by atoms with van der Waals surface area (Å²) in [5, 5.41) is 2.78. The van der Waals surface area contributed by atoms with Gasteiger partial charge in [-0.25, -0.2) is 0 Å². The van der Waals surface area contributed by atoms with Crippen LogP contribution in [0.5, 0.6) is 5.75 Å². The summed E-state index contributed by atoms with van der Waals surface area (Å²) in [4.78, 5) is 26.1. The van der Waals surface area contributed by atoms with E-state index in [9.17, 15) is 9.59 Å². The van der Waals surface area contributed by atoms with Crippen molar-refractivity contribution < 1.29 is 14.3 Å². The average Bonchev–Trinajstić information content (AvgIpc) is 2.60. The average molecular weight is 338 g/mol. The standard InChI is InChI=1S/C20H22N2O3/c1-14(2)22(12-15-6-4-3-5-7-15)20(24)11-16-8-9-18-17(10-16)21-19(23)13-25-18/h3-10,14H,11-13H2,1-2H3,(H,21,23). The molecule has 0 aliphatic carbocycles. The first-order chi connectivity index (χ1) is 12.0. The number of hydrogen-bond donors (Lipinski definition) is 1. The molecule has 0 unspecified atom stereocenters. The Labute approximate surface area is 147 Å². The van der Waals surface area contributed by atoms with Gasteiger partial charge in [0.25, 0.3) is 5.91 Å². The Bertz CT molecular complexity index is 772. The van der Waals surface area contributed by atoms with Crippen molar-refractivity contribution in [1.82, 2.24) is 4.90 Å². The Morgan fingerprint density at radius 1 is 1.16 bits per heavy atom. The summed E-state index contributed by atoms with van der Waals surface area (Å²) in [7, 11) is 0. The van der Waals surface area contributed by atoms with Crippen molar-refractivity contribution in [2.75, 3.05) is 11.9 Å². The van der Waals surface area contributed by atoms with Gasteiger partial charge >= 0.3 is 0 Å². The second-order valence-corrected chi connectivity index (χ2v) is 6.45. The van der Waals surface area contributed by atoms with E-state index in [2.05, 4.69) is 5.32 Å². The molecule has 0 saturated heterocycles. The Hall–Kier alpha value is -2.82. The number of nitrogens with zero attached hydrogens (tertiary/aromatic N) is 1. The quantitative estimate of drug-likeness (QED) is 0.912. The number of rotatable bonds is 5. The highest BCUT2D eigenvalue weighted by Gasteiger charge is 2.20. The van der Waals surface area contributed by atoms with Crippen LogP contribution in [0.1, 0.15) is 25.0 Å². The number of carbonyl (C=O) groups is 2. The van der Waals surface area contributed by atoms with Crippen molar-refractivity contribution in [2.45, 2.75) is 32.9 Å². The van der Waals surface area contributed by atoms with Crippen molar-refractivity contribution in [3.05, 3.63) is 59.7 Å². The molecule has 0 aromatic heterocycles. The topological polar surface area (TPSA) is 58.6 Å². The lowest BCUT2D eigenvalue weighted by Crippen LogP contribution is -2.37. The van der Waals surface area contributed by atoms with Crippen molar-refractivity contribution in [3.63, 3.8) is 0 Å². The van der Waals surface area contributed by atoms with Gasteiger partial charge in [-0.05, 0) is 37.1 Å². The highest BCUT2D eigenvalue weighted by Crippen LogP contribution is 2.28. The molecule has 1 N–H and O–H groups in total. The lowest BCUT2D eigenvalue weighted by Gasteiger charge is -2.27. The summed E-state index contributed by atoms with van der Waals surface area (Å²) in [6.45, 7) is 4.65. The molecule has 0 radical (unpaired) electrons. The maximum atomic E-state index is 12.8. The first kappa shape index (κ1) is 17.0. The molecule has 0 bridgehead atoms. The Morgan fingerprint density at radius 3 is 2.64 bits per heavy atom. The molecule has 0 spiro atoms. The van der Waals surface area contributed by atoms with Crippen LogP contribution in [0, 0.1) is 0 Å². The number of benzene rings is 2. The number of anilines is 1. The van der Waals surface area contributed by atoms with Gasteiger partial charge in [0.2, 0.25) is 5.91 Å². The molecule has 2 aromatic carbocycles. The fourth-order valence-corrected chi connectivity index (χ4v) is 2.86. The monoisotopic (exact) mass is 338 g/mol. The van der Waals surface area contributed by atoms with Gasteiger partial charge in [0.1, 0.15) is 5.75 Å². The summed E-state index contributed by atoms with van der Waals surface area (Å²) in [6, 6.07) is 15.6. The minimum atomic E-state index is -0.177. The lowest BCUT2D eigenvalue weighted by atomic mass is 10.1. The van der Waals surface area contributed by atoms with E-state index in [-0.39, 0.29) is 30.9 Å². The van der Waals surface area contributed by atoms with Gasteiger partial charge in [0, 0.05) is 12.6 Å². The van der Waals surface area contributed by atoms with Crippen LogP contribution in [0.4, 0.5) is 5.69 Å². The number of carbonyl (C=O) groups excluding carboxylic acids is 2. The van der Waals surface area contributed by atoms with Crippen LogP contribution in [-0.2, 0) is 22.6 Å². The molecule has 5 heteroatoms. The molecule has 25 heavy (non-hydrogen) atoms. The van der Waals surface area contributed by atoms with Crippen LogP contribution in [0.15, 0.2) is 48.5 Å². The molecule has 5 nitrogen and oxygen atoms in total. The van der Waals surface area contributed by atoms with Gasteiger partial charge in [-0.3, -0.25) is 9.59 Å². The van der Waals surface area contributed by atoms with Crippen molar-refractivity contribution in [2.24, 2.45) is 0 Å². The van der Waals surface area contributed by atoms with E-state index in [4.69, 9.17) is 4.74 Å². The van der Waals surface area contributed by atoms with Crippen LogP contribution in [-0.4, -0.2) is 29.4 Å². The molecule has 0 fully saturated rings. The first-order valence-electron chi connectivity index (χ1n) is 8.42. The second kappa shape index (κ2) is 7.38. The second-order valence-electron chi connectivity index (χ2n) is 6.45. The van der Waals surface area contributed by atoms with Gasteiger partial charge in [-0.15, -0.1) is 0 Å². The van der Waals surface area contributed by atoms with E-state index in [1.807, 2.05) is 61.2 Å². The molecular formula is C20H22N2O3. The van der Waals surface area contributed by atoms with Crippen LogP contribution in [0.3, 0.4) is 0 Å². The predicted octanol–water partition coefficient (Wildman–Crippen LogP) is 3.00. The summed E-state index contributed by atoms with van der Waals surface area (Å²) in [5.74, 6) is 0.520. The zero-order valence-electron chi connectivity index (χ0n) is 14.5. The van der Waals surface area contributed by atoms with Gasteiger partial charge in [-0.2, -0.15) is 0 Å². The van der Waals surface area contributed by atoms with E-state index < -0.39 is 0 Å². The molecule has 0 atom stereocenters. The fraction of sp³-hybridized carbons (Fsp3) is 0.300. The van der Waals surface area contributed by atoms with E-state index >= 15 is 0 Å². The first-order valence-corrected chi connectivity index (χ1v) is 8.42. The van der Waals surface area contributed by atoms with Crippen LogP contribution in [0.25, 0.3) is 0 Å². The molecule has 2 aromatic rings. The summed E-state index contributed by atoms with van der Waals surface area (Å²) in [6.07, 6.45) is 0.286. The fourth-order valence-electron chi connectivity index (χ4n) is 2.86. The summed E-state index contributed by atoms with van der Waals surface area (Å²) >= 11 is 0. The molecule has 1 aliphatic heterocycles. The predicted molar refractivity (Wildman–Crippen MR) is 96.4 cm³/mol. The Morgan fingerprint density at radius 2 is 1.92 bits per heavy atom. The van der Waals surface area contributed by atoms with Gasteiger partial charge in [0.15, 0.2) is 6.61 Å². The minimum absolute atomic E-state index is 0.0312. The molecule has 0 saturated carbocycles. The largest absolute Gasteiger partial charge is 0.482 e. The summed E-state index contributed by atoms with van der Waals surface area (Å²) < 4.78 is 5.35. The minimum Gasteiger partial charge on any atom is -0.482 e. The molecular weight excluding hydrogens is 316 g/mol. The van der Waals surface area contributed by atoms with E-state index in [0.717, 1.165) is 11.1 Å². The van der Waals surface area contributed by atoms with Gasteiger partial charge < -0.3 is 15.0 Å². The molecule has 130 valence electrons. The van der Waals surface area contributed by atoms with E-state index in [1.165, 1.54) is 0 Å². The van der Waals surface area contributed by atoms with Crippen LogP contribution >= 0.6 is 0 Å². The molecule has 3 rings (SSSR count). The highest BCUT2D eigenvalue weighted by atomic mass is 16.5. The smallest absolute Gasteiger partial charge is 0.262 e. The lowest BCUT2D eigenvalue weighted by molar-refractivity contribution is -0.132. The maximum Gasteiger partial charge on any atom is 0.262 e. The SMILES string of the molecule is CC(C)N(Cc1ccccc1)C(=O)Cc1ccc2c(c1)NC(=O)CO2. The normalized spacial score (nSPS) is 13.0. The van der Waals surface area contributed by atoms with Crippen molar-refractivity contribution >= 4 is 17.5 Å². The number of hydrogen-bond acceptors (Lipinski definition) is 3. The van der Waals surface area contributed by atoms with E-state index in [1.54, 1.807) is 6.07 Å². The van der Waals surface area contributed by atoms with Crippen molar-refractivity contribution in [1.29, 1.82) is 0 Å². The number of ether oxygens (including phenoxy) is 1. The zero-order valence-corrected chi connectivity index (χ0v) is 14.5. The number of amides is 2. The number of nitrogens with one attached hydrogen (secondary N) is 1. The number of fused-ring (bicyclic) bond motifs is 1. The summed E-state index contributed by atoms with van der Waals surface area (Å²) in [5.41, 5.74) is 2.59. The third-order valence-electron chi connectivity index (χ3n) is 4.17. The van der Waals surface area contributed by atoms with Gasteiger partial charge in [-0.1, -0.05) is 36.4 Å². The zero-order chi connectivity index (χ0) is 17.8. The highest BCUT2D eigenvalue weighted by molar-refractivity contribution is 5.95. The van der Waals surface area contributed by atoms with E-state index in [0.29, 0.717) is 18.0 Å². The maximum absolute atomic E-state index is 12.8. The Balaban J connectivity index is 1.73. The molecule has 1 aliphatic rings. The van der Waals surface area contributed by atoms with Crippen LogP contribution in [0.2, 0.25) is 0 Å². The third kappa shape index (κ3) is 4.18. The van der Waals surface area contributed by atoms with Crippen molar-refractivity contribution in [3.8, 4) is 5.75 Å².